The van der Waals surface area contributed by atoms with Crippen molar-refractivity contribution in [2.75, 3.05) is 39.3 Å². The molecule has 0 amide bonds. The lowest BCUT2D eigenvalue weighted by Gasteiger charge is -2.61. The Morgan fingerprint density at radius 3 is 1.12 bits per heavy atom. The van der Waals surface area contributed by atoms with Crippen molar-refractivity contribution < 1.29 is 0 Å². The Labute approximate surface area is 209 Å². The fourth-order valence-corrected chi connectivity index (χ4v) is 6.72. The standard InChI is InChI=1S/C31H62N2/c1-5-9-13-16-20-29(19-12-8-4)23-32-25-31(26-32)27-33(28-31)24-30(21-17-14-10-6-2)22-18-15-11-7-3/h29-30H,5-28H2,1-4H3. The van der Waals surface area contributed by atoms with Crippen molar-refractivity contribution in [3.05, 3.63) is 0 Å². The molecule has 1 spiro atoms. The largest absolute Gasteiger partial charge is 0.302 e. The van der Waals surface area contributed by atoms with Gasteiger partial charge in [-0.1, -0.05) is 118 Å². The normalized spacial score (nSPS) is 19.2. The molecule has 2 saturated heterocycles. The first-order chi connectivity index (χ1) is 16.1. The van der Waals surface area contributed by atoms with Gasteiger partial charge in [0.05, 0.1) is 0 Å². The van der Waals surface area contributed by atoms with Gasteiger partial charge in [-0.05, 0) is 37.5 Å². The third-order valence-electron chi connectivity index (χ3n) is 8.63. The molecule has 0 aliphatic carbocycles. The predicted octanol–water partition coefficient (Wildman–Crippen LogP) is 8.94. The Morgan fingerprint density at radius 2 is 0.788 bits per heavy atom. The number of nitrogens with zero attached hydrogens (tertiary/aromatic N) is 2. The highest BCUT2D eigenvalue weighted by Crippen LogP contribution is 2.41. The van der Waals surface area contributed by atoms with Crippen LogP contribution in [-0.4, -0.2) is 49.1 Å². The summed E-state index contributed by atoms with van der Waals surface area (Å²) in [6, 6.07) is 0. The minimum atomic E-state index is 0.687. The lowest BCUT2D eigenvalue weighted by Crippen LogP contribution is -2.72. The van der Waals surface area contributed by atoms with Crippen LogP contribution in [0.3, 0.4) is 0 Å². The Hall–Kier alpha value is -0.0800. The topological polar surface area (TPSA) is 6.48 Å². The summed E-state index contributed by atoms with van der Waals surface area (Å²) in [5.74, 6) is 1.93. The lowest BCUT2D eigenvalue weighted by atomic mass is 9.71. The molecule has 0 radical (unpaired) electrons. The maximum atomic E-state index is 2.83. The van der Waals surface area contributed by atoms with Gasteiger partial charge in [-0.25, -0.2) is 0 Å². The molecule has 1 unspecified atom stereocenters. The van der Waals surface area contributed by atoms with Crippen LogP contribution in [0.2, 0.25) is 0 Å². The highest BCUT2D eigenvalue weighted by atomic mass is 15.3. The molecule has 0 aromatic heterocycles. The summed E-state index contributed by atoms with van der Waals surface area (Å²) < 4.78 is 0. The lowest BCUT2D eigenvalue weighted by molar-refractivity contribution is -0.123. The van der Waals surface area contributed by atoms with Gasteiger partial charge in [0.1, 0.15) is 0 Å². The Bertz CT molecular complexity index is 436. The van der Waals surface area contributed by atoms with E-state index in [9.17, 15) is 0 Å². The first-order valence-electron chi connectivity index (χ1n) is 15.6. The maximum absolute atomic E-state index is 2.83. The number of likely N-dealkylation sites (tertiary alicyclic amines) is 2. The van der Waals surface area contributed by atoms with Crippen LogP contribution in [0.4, 0.5) is 0 Å². The molecular formula is C31H62N2. The molecule has 2 heteroatoms. The summed E-state index contributed by atoms with van der Waals surface area (Å²) in [6.07, 6.45) is 25.9. The molecule has 2 fully saturated rings. The molecule has 2 aliphatic heterocycles. The van der Waals surface area contributed by atoms with Crippen LogP contribution in [0.25, 0.3) is 0 Å². The molecule has 0 N–H and O–H groups in total. The van der Waals surface area contributed by atoms with E-state index in [1.165, 1.54) is 155 Å². The minimum absolute atomic E-state index is 0.687. The van der Waals surface area contributed by atoms with Crippen molar-refractivity contribution in [2.24, 2.45) is 17.3 Å². The molecule has 196 valence electrons. The van der Waals surface area contributed by atoms with E-state index in [2.05, 4.69) is 37.5 Å². The quantitative estimate of drug-likeness (QED) is 0.148. The van der Waals surface area contributed by atoms with Crippen LogP contribution >= 0.6 is 0 Å². The zero-order valence-corrected chi connectivity index (χ0v) is 23.5. The van der Waals surface area contributed by atoms with Crippen LogP contribution in [0, 0.1) is 17.3 Å². The fourth-order valence-electron chi connectivity index (χ4n) is 6.72. The van der Waals surface area contributed by atoms with E-state index < -0.39 is 0 Å². The number of unbranched alkanes of at least 4 members (excludes halogenated alkanes) is 10. The SMILES string of the molecule is CCCCCCC(CCCC)CN1CC2(C1)CN(CC(CCCCCC)CCCCCC)C2. The fraction of sp³-hybridized carbons (Fsp3) is 1.00. The smallest absolute Gasteiger partial charge is 0.0212 e. The zero-order valence-electron chi connectivity index (χ0n) is 23.5. The highest BCUT2D eigenvalue weighted by molar-refractivity contribution is 5.06. The molecule has 0 aromatic rings. The van der Waals surface area contributed by atoms with Crippen LogP contribution in [0.5, 0.6) is 0 Å². The average Bonchev–Trinajstić information content (AvgIpc) is 2.76. The summed E-state index contributed by atoms with van der Waals surface area (Å²) in [5, 5.41) is 0. The Morgan fingerprint density at radius 1 is 0.455 bits per heavy atom. The third kappa shape index (κ3) is 11.5. The zero-order chi connectivity index (χ0) is 23.8. The monoisotopic (exact) mass is 462 g/mol. The minimum Gasteiger partial charge on any atom is -0.302 e. The van der Waals surface area contributed by atoms with Crippen molar-refractivity contribution in [1.82, 2.24) is 9.80 Å². The second-order valence-corrected chi connectivity index (χ2v) is 12.3. The third-order valence-corrected chi connectivity index (χ3v) is 8.63. The van der Waals surface area contributed by atoms with Gasteiger partial charge in [0.25, 0.3) is 0 Å². The first kappa shape index (κ1) is 29.2. The molecular weight excluding hydrogens is 400 g/mol. The van der Waals surface area contributed by atoms with Crippen LogP contribution in [0.1, 0.15) is 143 Å². The van der Waals surface area contributed by atoms with E-state index in [0.717, 1.165) is 11.8 Å². The van der Waals surface area contributed by atoms with Crippen molar-refractivity contribution in [1.29, 1.82) is 0 Å². The second kappa shape index (κ2) is 17.4. The summed E-state index contributed by atoms with van der Waals surface area (Å²) in [6.45, 7) is 17.8. The van der Waals surface area contributed by atoms with Crippen molar-refractivity contribution >= 4 is 0 Å². The summed E-state index contributed by atoms with van der Waals surface area (Å²) in [7, 11) is 0. The van der Waals surface area contributed by atoms with Crippen molar-refractivity contribution in [2.45, 2.75) is 143 Å². The van der Waals surface area contributed by atoms with Gasteiger partial charge >= 0.3 is 0 Å². The molecule has 33 heavy (non-hydrogen) atoms. The van der Waals surface area contributed by atoms with Crippen LogP contribution in [0.15, 0.2) is 0 Å². The van der Waals surface area contributed by atoms with Gasteiger partial charge in [0.15, 0.2) is 0 Å². The average molecular weight is 463 g/mol. The molecule has 0 bridgehead atoms. The van der Waals surface area contributed by atoms with Crippen LogP contribution < -0.4 is 0 Å². The van der Waals surface area contributed by atoms with Gasteiger partial charge < -0.3 is 9.80 Å². The van der Waals surface area contributed by atoms with E-state index in [-0.39, 0.29) is 0 Å². The van der Waals surface area contributed by atoms with E-state index in [0.29, 0.717) is 5.41 Å². The summed E-state index contributed by atoms with van der Waals surface area (Å²) >= 11 is 0. The van der Waals surface area contributed by atoms with Crippen molar-refractivity contribution in [3.63, 3.8) is 0 Å². The number of rotatable bonds is 22. The number of hydrogen-bond acceptors (Lipinski definition) is 2. The maximum Gasteiger partial charge on any atom is 0.0212 e. The van der Waals surface area contributed by atoms with E-state index in [4.69, 9.17) is 0 Å². The van der Waals surface area contributed by atoms with Gasteiger partial charge in [0, 0.05) is 44.7 Å². The molecule has 1 atom stereocenters. The molecule has 2 aliphatic rings. The van der Waals surface area contributed by atoms with Gasteiger partial charge in [-0.3, -0.25) is 0 Å². The van der Waals surface area contributed by atoms with E-state index in [1.807, 2.05) is 0 Å². The highest BCUT2D eigenvalue weighted by Gasteiger charge is 2.51. The first-order valence-corrected chi connectivity index (χ1v) is 15.6. The van der Waals surface area contributed by atoms with Crippen LogP contribution in [-0.2, 0) is 0 Å². The summed E-state index contributed by atoms with van der Waals surface area (Å²) in [4.78, 5) is 5.66. The van der Waals surface area contributed by atoms with Gasteiger partial charge in [0.2, 0.25) is 0 Å². The van der Waals surface area contributed by atoms with Crippen molar-refractivity contribution in [3.8, 4) is 0 Å². The molecule has 0 aromatic carbocycles. The number of hydrogen-bond donors (Lipinski definition) is 0. The Kier molecular flexibility index (Phi) is 15.3. The molecule has 2 heterocycles. The molecule has 2 rings (SSSR count). The van der Waals surface area contributed by atoms with E-state index >= 15 is 0 Å². The van der Waals surface area contributed by atoms with Gasteiger partial charge in [-0.2, -0.15) is 0 Å². The molecule has 0 saturated carbocycles. The van der Waals surface area contributed by atoms with E-state index in [1.54, 1.807) is 0 Å². The summed E-state index contributed by atoms with van der Waals surface area (Å²) in [5.41, 5.74) is 0.687. The van der Waals surface area contributed by atoms with Gasteiger partial charge in [-0.15, -0.1) is 0 Å². The Balaban J connectivity index is 1.66. The predicted molar refractivity (Wildman–Crippen MR) is 148 cm³/mol. The second-order valence-electron chi connectivity index (χ2n) is 12.3. The molecule has 2 nitrogen and oxygen atoms in total.